The van der Waals surface area contributed by atoms with Gasteiger partial charge in [-0.25, -0.2) is 0 Å². The molecule has 2 heteroatoms. The molecule has 0 spiro atoms. The minimum Gasteiger partial charge on any atom is -0.308 e. The summed E-state index contributed by atoms with van der Waals surface area (Å²) in [6.07, 6.45) is 6.09. The molecule has 1 aliphatic carbocycles. The van der Waals surface area contributed by atoms with E-state index >= 15 is 0 Å². The molecule has 0 radical (unpaired) electrons. The smallest absolute Gasteiger partial charge is 0.0570 e. The van der Waals surface area contributed by atoms with Crippen molar-refractivity contribution in [2.45, 2.75) is 45.7 Å². The quantitative estimate of drug-likeness (QED) is 0.815. The second kappa shape index (κ2) is 4.75. The lowest BCUT2D eigenvalue weighted by atomic mass is 9.80. The summed E-state index contributed by atoms with van der Waals surface area (Å²) in [4.78, 5) is 4.39. The number of hydrogen-bond donors (Lipinski definition) is 1. The van der Waals surface area contributed by atoms with Crippen LogP contribution < -0.4 is 5.32 Å². The first kappa shape index (κ1) is 10.6. The van der Waals surface area contributed by atoms with Crippen molar-refractivity contribution in [1.29, 1.82) is 0 Å². The summed E-state index contributed by atoms with van der Waals surface area (Å²) < 4.78 is 0. The molecule has 0 amide bonds. The first-order chi connectivity index (χ1) is 7.27. The fourth-order valence-electron chi connectivity index (χ4n) is 2.07. The van der Waals surface area contributed by atoms with Crippen LogP contribution in [0.3, 0.4) is 0 Å². The molecule has 82 valence electrons. The summed E-state index contributed by atoms with van der Waals surface area (Å²) in [6.45, 7) is 5.32. The Bertz CT molecular complexity index is 318. The summed E-state index contributed by atoms with van der Waals surface area (Å²) >= 11 is 0. The maximum absolute atomic E-state index is 4.39. The second-order valence-corrected chi connectivity index (χ2v) is 4.63. The van der Waals surface area contributed by atoms with Crippen LogP contribution in [-0.4, -0.2) is 11.0 Å². The summed E-state index contributed by atoms with van der Waals surface area (Å²) in [5.41, 5.74) is 2.47. The topological polar surface area (TPSA) is 24.9 Å². The largest absolute Gasteiger partial charge is 0.308 e. The molecule has 1 aromatic rings. The highest BCUT2D eigenvalue weighted by Gasteiger charge is 2.23. The number of pyridine rings is 1. The molecular formula is C13H20N2. The van der Waals surface area contributed by atoms with E-state index in [2.05, 4.69) is 30.2 Å². The van der Waals surface area contributed by atoms with E-state index in [1.54, 1.807) is 0 Å². The molecule has 1 N–H and O–H groups in total. The highest BCUT2D eigenvalue weighted by Crippen LogP contribution is 2.29. The van der Waals surface area contributed by atoms with Crippen molar-refractivity contribution < 1.29 is 0 Å². The van der Waals surface area contributed by atoms with Gasteiger partial charge in [-0.3, -0.25) is 4.98 Å². The van der Waals surface area contributed by atoms with Gasteiger partial charge < -0.3 is 5.32 Å². The summed E-state index contributed by atoms with van der Waals surface area (Å²) in [5.74, 6) is 0.897. The maximum atomic E-state index is 4.39. The van der Waals surface area contributed by atoms with Gasteiger partial charge in [0.1, 0.15) is 0 Å². The van der Waals surface area contributed by atoms with Crippen LogP contribution in [0.5, 0.6) is 0 Å². The molecule has 2 nitrogen and oxygen atoms in total. The van der Waals surface area contributed by atoms with Crippen molar-refractivity contribution in [2.75, 3.05) is 0 Å². The highest BCUT2D eigenvalue weighted by molar-refractivity contribution is 5.17. The second-order valence-electron chi connectivity index (χ2n) is 4.63. The van der Waals surface area contributed by atoms with Crippen LogP contribution in [0.15, 0.2) is 18.3 Å². The maximum Gasteiger partial charge on any atom is 0.0570 e. The van der Waals surface area contributed by atoms with Gasteiger partial charge >= 0.3 is 0 Å². The van der Waals surface area contributed by atoms with Crippen LogP contribution >= 0.6 is 0 Å². The normalized spacial score (nSPS) is 18.5. The van der Waals surface area contributed by atoms with Gasteiger partial charge in [0, 0.05) is 18.8 Å². The van der Waals surface area contributed by atoms with Crippen LogP contribution in [0.1, 0.15) is 37.4 Å². The van der Waals surface area contributed by atoms with Gasteiger partial charge in [0.15, 0.2) is 0 Å². The van der Waals surface area contributed by atoms with E-state index in [9.17, 15) is 0 Å². The molecule has 0 bridgehead atoms. The van der Waals surface area contributed by atoms with Gasteiger partial charge in [0.05, 0.1) is 5.69 Å². The van der Waals surface area contributed by atoms with Gasteiger partial charge in [0.2, 0.25) is 0 Å². The monoisotopic (exact) mass is 204 g/mol. The Morgan fingerprint density at radius 3 is 2.93 bits per heavy atom. The minimum atomic E-state index is 0.639. The first-order valence-corrected chi connectivity index (χ1v) is 5.91. The number of aryl methyl sites for hydroxylation is 1. The molecule has 1 unspecified atom stereocenters. The van der Waals surface area contributed by atoms with Crippen molar-refractivity contribution in [3.63, 3.8) is 0 Å². The molecular weight excluding hydrogens is 184 g/mol. The molecule has 1 fully saturated rings. The standard InChI is InChI=1S/C13H20N2/c1-10-5-4-8-14-13(10)9-15-11(2)12-6-3-7-12/h4-5,8,11-12,15H,3,6-7,9H2,1-2H3. The zero-order chi connectivity index (χ0) is 10.7. The third kappa shape index (κ3) is 2.57. The van der Waals surface area contributed by atoms with Gasteiger partial charge in [-0.1, -0.05) is 12.5 Å². The number of rotatable bonds is 4. The van der Waals surface area contributed by atoms with Gasteiger partial charge in [-0.15, -0.1) is 0 Å². The fraction of sp³-hybridized carbons (Fsp3) is 0.615. The Hall–Kier alpha value is -0.890. The lowest BCUT2D eigenvalue weighted by Crippen LogP contribution is -2.36. The van der Waals surface area contributed by atoms with E-state index in [-0.39, 0.29) is 0 Å². The first-order valence-electron chi connectivity index (χ1n) is 5.91. The number of aromatic nitrogens is 1. The molecule has 1 heterocycles. The molecule has 1 aliphatic rings. The van der Waals surface area contributed by atoms with E-state index < -0.39 is 0 Å². The Morgan fingerprint density at radius 1 is 1.53 bits per heavy atom. The van der Waals surface area contributed by atoms with Gasteiger partial charge in [0.25, 0.3) is 0 Å². The van der Waals surface area contributed by atoms with Crippen LogP contribution in [0.4, 0.5) is 0 Å². The highest BCUT2D eigenvalue weighted by atomic mass is 14.9. The molecule has 2 rings (SSSR count). The zero-order valence-corrected chi connectivity index (χ0v) is 9.66. The molecule has 1 aromatic heterocycles. The van der Waals surface area contributed by atoms with Crippen LogP contribution in [0.25, 0.3) is 0 Å². The SMILES string of the molecule is Cc1cccnc1CNC(C)C1CCC1. The van der Waals surface area contributed by atoms with E-state index in [0.717, 1.165) is 12.5 Å². The number of nitrogens with zero attached hydrogens (tertiary/aromatic N) is 1. The Morgan fingerprint density at radius 2 is 2.33 bits per heavy atom. The van der Waals surface area contributed by atoms with Crippen molar-refractivity contribution in [3.05, 3.63) is 29.6 Å². The lowest BCUT2D eigenvalue weighted by molar-refractivity contribution is 0.239. The Labute approximate surface area is 92.1 Å². The molecule has 1 atom stereocenters. The Kier molecular flexibility index (Phi) is 3.37. The van der Waals surface area contributed by atoms with E-state index in [0.29, 0.717) is 6.04 Å². The summed E-state index contributed by atoms with van der Waals surface area (Å²) in [6, 6.07) is 4.76. The van der Waals surface area contributed by atoms with Crippen molar-refractivity contribution >= 4 is 0 Å². The van der Waals surface area contributed by atoms with E-state index in [1.807, 2.05) is 12.3 Å². The van der Waals surface area contributed by atoms with Crippen LogP contribution in [-0.2, 0) is 6.54 Å². The average molecular weight is 204 g/mol. The number of hydrogen-bond acceptors (Lipinski definition) is 2. The van der Waals surface area contributed by atoms with Crippen LogP contribution in [0, 0.1) is 12.8 Å². The summed E-state index contributed by atoms with van der Waals surface area (Å²) in [7, 11) is 0. The third-order valence-electron chi connectivity index (χ3n) is 3.57. The van der Waals surface area contributed by atoms with Crippen LogP contribution in [0.2, 0.25) is 0 Å². The van der Waals surface area contributed by atoms with Crippen molar-refractivity contribution in [2.24, 2.45) is 5.92 Å². The predicted molar refractivity (Wildman–Crippen MR) is 62.6 cm³/mol. The van der Waals surface area contributed by atoms with Gasteiger partial charge in [-0.05, 0) is 44.2 Å². The molecule has 0 aromatic carbocycles. The average Bonchev–Trinajstić information content (AvgIpc) is 2.14. The van der Waals surface area contributed by atoms with Gasteiger partial charge in [-0.2, -0.15) is 0 Å². The third-order valence-corrected chi connectivity index (χ3v) is 3.57. The lowest BCUT2D eigenvalue weighted by Gasteiger charge is -2.32. The van der Waals surface area contributed by atoms with E-state index in [4.69, 9.17) is 0 Å². The van der Waals surface area contributed by atoms with Crippen molar-refractivity contribution in [3.8, 4) is 0 Å². The minimum absolute atomic E-state index is 0.639. The molecule has 0 aliphatic heterocycles. The predicted octanol–water partition coefficient (Wildman–Crippen LogP) is 2.67. The van der Waals surface area contributed by atoms with Crippen molar-refractivity contribution in [1.82, 2.24) is 10.3 Å². The molecule has 0 saturated heterocycles. The fourth-order valence-corrected chi connectivity index (χ4v) is 2.07. The number of nitrogens with one attached hydrogen (secondary N) is 1. The molecule has 15 heavy (non-hydrogen) atoms. The zero-order valence-electron chi connectivity index (χ0n) is 9.66. The van der Waals surface area contributed by atoms with E-state index in [1.165, 1.54) is 30.5 Å². The Balaban J connectivity index is 1.84. The molecule has 1 saturated carbocycles. The summed E-state index contributed by atoms with van der Waals surface area (Å²) in [5, 5.41) is 3.58.